The number of imidazole rings is 1. The molecule has 7 nitrogen and oxygen atoms in total. The van der Waals surface area contributed by atoms with Crippen LogP contribution in [0.3, 0.4) is 0 Å². The van der Waals surface area contributed by atoms with Crippen molar-refractivity contribution in [3.8, 4) is 0 Å². The summed E-state index contributed by atoms with van der Waals surface area (Å²) < 4.78 is 3.20. The van der Waals surface area contributed by atoms with Gasteiger partial charge in [0.25, 0.3) is 5.56 Å². The van der Waals surface area contributed by atoms with Crippen molar-refractivity contribution in [2.45, 2.75) is 33.2 Å². The summed E-state index contributed by atoms with van der Waals surface area (Å²) in [6.07, 6.45) is 1.85. The maximum Gasteiger partial charge on any atom is 0.329 e. The second-order valence-corrected chi connectivity index (χ2v) is 4.50. The van der Waals surface area contributed by atoms with Gasteiger partial charge in [-0.2, -0.15) is 4.98 Å². The molecule has 0 bridgehead atoms. The molecule has 0 saturated heterocycles. The Hall–Kier alpha value is -2.05. The van der Waals surface area contributed by atoms with E-state index < -0.39 is 5.69 Å². The quantitative estimate of drug-likeness (QED) is 0.831. The van der Waals surface area contributed by atoms with Crippen molar-refractivity contribution in [1.82, 2.24) is 19.1 Å². The van der Waals surface area contributed by atoms with E-state index in [4.69, 9.17) is 0 Å². The fraction of sp³-hybridized carbons (Fsp3) is 0.583. The molecule has 0 aliphatic carbocycles. The Labute approximate surface area is 110 Å². The monoisotopic (exact) mass is 265 g/mol. The van der Waals surface area contributed by atoms with Crippen LogP contribution in [0.2, 0.25) is 0 Å². The third-order valence-electron chi connectivity index (χ3n) is 2.99. The van der Waals surface area contributed by atoms with Gasteiger partial charge >= 0.3 is 5.69 Å². The molecule has 0 atom stereocenters. The van der Waals surface area contributed by atoms with Gasteiger partial charge < -0.3 is 9.88 Å². The molecule has 0 saturated carbocycles. The van der Waals surface area contributed by atoms with Crippen LogP contribution in [0.15, 0.2) is 9.59 Å². The molecular weight excluding hydrogens is 246 g/mol. The molecule has 0 spiro atoms. The fourth-order valence-corrected chi connectivity index (χ4v) is 2.05. The SMILES string of the molecule is CCCNc1nc2c(c(=O)[nH]c(=O)n2C)n1CCC. The summed E-state index contributed by atoms with van der Waals surface area (Å²) in [5.74, 6) is 0.644. The fourth-order valence-electron chi connectivity index (χ4n) is 2.05. The largest absolute Gasteiger partial charge is 0.356 e. The third kappa shape index (κ3) is 2.27. The van der Waals surface area contributed by atoms with Crippen LogP contribution in [0.5, 0.6) is 0 Å². The van der Waals surface area contributed by atoms with E-state index in [2.05, 4.69) is 22.2 Å². The highest BCUT2D eigenvalue weighted by Gasteiger charge is 2.16. The number of anilines is 1. The van der Waals surface area contributed by atoms with Crippen LogP contribution >= 0.6 is 0 Å². The van der Waals surface area contributed by atoms with Crippen LogP contribution in [0.25, 0.3) is 11.2 Å². The predicted octanol–water partition coefficient (Wildman–Crippen LogP) is 0.655. The average Bonchev–Trinajstić information content (AvgIpc) is 2.74. The molecule has 19 heavy (non-hydrogen) atoms. The third-order valence-corrected chi connectivity index (χ3v) is 2.99. The van der Waals surface area contributed by atoms with E-state index in [9.17, 15) is 9.59 Å². The number of nitrogens with one attached hydrogen (secondary N) is 2. The molecule has 2 rings (SSSR count). The van der Waals surface area contributed by atoms with E-state index in [0.29, 0.717) is 23.7 Å². The molecular formula is C12H19N5O2. The number of rotatable bonds is 5. The van der Waals surface area contributed by atoms with Gasteiger partial charge in [0, 0.05) is 20.1 Å². The van der Waals surface area contributed by atoms with Crippen molar-refractivity contribution >= 4 is 17.1 Å². The first-order chi connectivity index (χ1) is 9.10. The summed E-state index contributed by atoms with van der Waals surface area (Å²) >= 11 is 0. The van der Waals surface area contributed by atoms with Crippen LogP contribution in [0.1, 0.15) is 26.7 Å². The van der Waals surface area contributed by atoms with Gasteiger partial charge in [-0.1, -0.05) is 13.8 Å². The molecule has 2 aromatic heterocycles. The second-order valence-electron chi connectivity index (χ2n) is 4.50. The number of fused-ring (bicyclic) bond motifs is 1. The van der Waals surface area contributed by atoms with Crippen LogP contribution in [-0.2, 0) is 13.6 Å². The molecule has 104 valence electrons. The van der Waals surface area contributed by atoms with E-state index >= 15 is 0 Å². The summed E-state index contributed by atoms with van der Waals surface area (Å²) in [6, 6.07) is 0. The van der Waals surface area contributed by atoms with Crippen LogP contribution in [0, 0.1) is 0 Å². The first-order valence-corrected chi connectivity index (χ1v) is 6.53. The van der Waals surface area contributed by atoms with Crippen molar-refractivity contribution in [3.05, 3.63) is 20.8 Å². The van der Waals surface area contributed by atoms with E-state index in [0.717, 1.165) is 19.4 Å². The lowest BCUT2D eigenvalue weighted by atomic mass is 10.4. The Morgan fingerprint density at radius 3 is 2.63 bits per heavy atom. The van der Waals surface area contributed by atoms with Crippen molar-refractivity contribution in [1.29, 1.82) is 0 Å². The topological polar surface area (TPSA) is 84.7 Å². The maximum atomic E-state index is 12.0. The zero-order valence-corrected chi connectivity index (χ0v) is 11.5. The number of aromatic nitrogens is 4. The lowest BCUT2D eigenvalue weighted by Crippen LogP contribution is -2.29. The smallest absolute Gasteiger partial charge is 0.329 e. The summed E-state index contributed by atoms with van der Waals surface area (Å²) in [7, 11) is 1.60. The molecule has 0 aliphatic heterocycles. The van der Waals surface area contributed by atoms with E-state index in [1.165, 1.54) is 4.57 Å². The minimum absolute atomic E-state index is 0.386. The van der Waals surface area contributed by atoms with Crippen LogP contribution in [-0.4, -0.2) is 25.6 Å². The Morgan fingerprint density at radius 2 is 2.00 bits per heavy atom. The summed E-state index contributed by atoms with van der Waals surface area (Å²) in [4.78, 5) is 30.3. The van der Waals surface area contributed by atoms with E-state index in [1.54, 1.807) is 7.05 Å². The number of nitrogens with zero attached hydrogens (tertiary/aromatic N) is 3. The van der Waals surface area contributed by atoms with Gasteiger partial charge in [-0.25, -0.2) is 4.79 Å². The number of hydrogen-bond donors (Lipinski definition) is 2. The van der Waals surface area contributed by atoms with Crippen molar-refractivity contribution in [2.75, 3.05) is 11.9 Å². The number of aryl methyl sites for hydroxylation is 2. The highest BCUT2D eigenvalue weighted by Crippen LogP contribution is 2.15. The molecule has 0 radical (unpaired) electrons. The lowest BCUT2D eigenvalue weighted by Gasteiger charge is -2.07. The predicted molar refractivity (Wildman–Crippen MR) is 74.7 cm³/mol. The van der Waals surface area contributed by atoms with Crippen molar-refractivity contribution in [3.63, 3.8) is 0 Å². The maximum absolute atomic E-state index is 12.0. The van der Waals surface area contributed by atoms with Gasteiger partial charge in [-0.05, 0) is 12.8 Å². The molecule has 0 aliphatic rings. The molecule has 0 aromatic carbocycles. The summed E-state index contributed by atoms with van der Waals surface area (Å²) in [6.45, 7) is 5.55. The van der Waals surface area contributed by atoms with Gasteiger partial charge in [0.05, 0.1) is 0 Å². The number of hydrogen-bond acceptors (Lipinski definition) is 4. The minimum Gasteiger partial charge on any atom is -0.356 e. The van der Waals surface area contributed by atoms with E-state index in [1.807, 2.05) is 11.5 Å². The first-order valence-electron chi connectivity index (χ1n) is 6.53. The second kappa shape index (κ2) is 5.29. The van der Waals surface area contributed by atoms with E-state index in [-0.39, 0.29) is 5.56 Å². The van der Waals surface area contributed by atoms with Gasteiger partial charge in [0.2, 0.25) is 5.95 Å². The molecule has 2 heterocycles. The molecule has 0 unspecified atom stereocenters. The average molecular weight is 265 g/mol. The summed E-state index contributed by atoms with van der Waals surface area (Å²) in [5.41, 5.74) is 0.0349. The van der Waals surface area contributed by atoms with Crippen LogP contribution < -0.4 is 16.6 Å². The molecule has 7 heteroatoms. The molecule has 0 fully saturated rings. The Kier molecular flexibility index (Phi) is 3.73. The standard InChI is InChI=1S/C12H19N5O2/c1-4-6-13-11-14-9-8(17(11)7-5-2)10(18)15-12(19)16(9)3/h4-7H2,1-3H3,(H,13,14)(H,15,18,19). The lowest BCUT2D eigenvalue weighted by molar-refractivity contribution is 0.696. The highest BCUT2D eigenvalue weighted by molar-refractivity contribution is 5.74. The Bertz CT molecular complexity index is 694. The van der Waals surface area contributed by atoms with Gasteiger partial charge in [-0.15, -0.1) is 0 Å². The first kappa shape index (κ1) is 13.4. The summed E-state index contributed by atoms with van der Waals surface area (Å²) in [5, 5.41) is 3.19. The zero-order chi connectivity index (χ0) is 14.0. The van der Waals surface area contributed by atoms with Gasteiger partial charge in [0.1, 0.15) is 0 Å². The normalized spacial score (nSPS) is 11.1. The molecule has 0 amide bonds. The van der Waals surface area contributed by atoms with Crippen LogP contribution in [0.4, 0.5) is 5.95 Å². The van der Waals surface area contributed by atoms with Gasteiger partial charge in [-0.3, -0.25) is 14.3 Å². The number of aromatic amines is 1. The van der Waals surface area contributed by atoms with Gasteiger partial charge in [0.15, 0.2) is 11.2 Å². The molecule has 2 aromatic rings. The highest BCUT2D eigenvalue weighted by atomic mass is 16.2. The Morgan fingerprint density at radius 1 is 1.26 bits per heavy atom. The minimum atomic E-state index is -0.444. The zero-order valence-electron chi connectivity index (χ0n) is 11.5. The van der Waals surface area contributed by atoms with Crippen molar-refractivity contribution in [2.24, 2.45) is 7.05 Å². The number of H-pyrrole nitrogens is 1. The van der Waals surface area contributed by atoms with Crippen molar-refractivity contribution < 1.29 is 0 Å². The Balaban J connectivity index is 2.73. The molecule has 2 N–H and O–H groups in total.